The average Bonchev–Trinajstić information content (AvgIpc) is 2.19. The van der Waals surface area contributed by atoms with E-state index < -0.39 is 0 Å². The molecule has 0 bridgehead atoms. The van der Waals surface area contributed by atoms with E-state index in [0.29, 0.717) is 0 Å². The third-order valence-corrected chi connectivity index (χ3v) is 3.31. The van der Waals surface area contributed by atoms with Gasteiger partial charge in [-0.3, -0.25) is 11.3 Å². The Balaban J connectivity index is 2.74. The minimum Gasteiger partial charge on any atom is -0.271 e. The second kappa shape index (κ2) is 5.94. The Hall–Kier alpha value is -0.450. The van der Waals surface area contributed by atoms with Crippen molar-refractivity contribution in [3.05, 3.63) is 34.1 Å². The summed E-state index contributed by atoms with van der Waals surface area (Å²) in [6, 6.07) is 4.95. The minimum absolute atomic E-state index is 0.191. The fraction of sp³-hybridized carbons (Fsp3) is 0.538. The van der Waals surface area contributed by atoms with Crippen molar-refractivity contribution in [1.29, 1.82) is 0 Å². The summed E-state index contributed by atoms with van der Waals surface area (Å²) in [5, 5.41) is 0. The Bertz CT molecular complexity index is 374. The van der Waals surface area contributed by atoms with Gasteiger partial charge in [0.2, 0.25) is 0 Å². The molecule has 1 unspecified atom stereocenters. The third kappa shape index (κ3) is 5.15. The number of hydrogen-bond donors (Lipinski definition) is 2. The van der Waals surface area contributed by atoms with Crippen LogP contribution in [-0.2, 0) is 6.42 Å². The van der Waals surface area contributed by atoms with E-state index in [4.69, 9.17) is 5.84 Å². The first-order chi connectivity index (χ1) is 7.81. The molecule has 3 N–H and O–H groups in total. The van der Waals surface area contributed by atoms with E-state index in [2.05, 4.69) is 42.1 Å². The Labute approximate surface area is 111 Å². The third-order valence-electron chi connectivity index (χ3n) is 2.58. The lowest BCUT2D eigenvalue weighted by atomic mass is 9.86. The molecule has 1 aromatic rings. The zero-order valence-electron chi connectivity index (χ0n) is 10.6. The van der Waals surface area contributed by atoms with E-state index in [1.54, 1.807) is 6.07 Å². The van der Waals surface area contributed by atoms with E-state index in [-0.39, 0.29) is 17.3 Å². The summed E-state index contributed by atoms with van der Waals surface area (Å²) < 4.78 is 13.8. The molecule has 1 rings (SSSR count). The van der Waals surface area contributed by atoms with Gasteiger partial charge >= 0.3 is 0 Å². The Morgan fingerprint density at radius 3 is 2.53 bits per heavy atom. The number of rotatable bonds is 4. The summed E-state index contributed by atoms with van der Waals surface area (Å²) in [5.74, 6) is 5.34. The van der Waals surface area contributed by atoms with Gasteiger partial charge in [-0.15, -0.1) is 0 Å². The molecule has 17 heavy (non-hydrogen) atoms. The molecule has 4 heteroatoms. The first-order valence-electron chi connectivity index (χ1n) is 5.72. The van der Waals surface area contributed by atoms with Gasteiger partial charge in [0.25, 0.3) is 0 Å². The molecule has 1 aromatic carbocycles. The van der Waals surface area contributed by atoms with Gasteiger partial charge in [-0.1, -0.05) is 42.8 Å². The second-order valence-corrected chi connectivity index (χ2v) is 6.42. The maximum absolute atomic E-state index is 13.0. The van der Waals surface area contributed by atoms with Crippen molar-refractivity contribution in [3.63, 3.8) is 0 Å². The van der Waals surface area contributed by atoms with Crippen molar-refractivity contribution < 1.29 is 4.39 Å². The number of hydrogen-bond acceptors (Lipinski definition) is 2. The van der Waals surface area contributed by atoms with E-state index in [1.807, 2.05) is 0 Å². The van der Waals surface area contributed by atoms with Crippen LogP contribution in [0.3, 0.4) is 0 Å². The SMILES string of the molecule is CC(C)(C)CC(Cc1ccc(F)cc1Br)NN. The topological polar surface area (TPSA) is 38.0 Å². The number of benzene rings is 1. The van der Waals surface area contributed by atoms with E-state index in [1.165, 1.54) is 12.1 Å². The molecule has 0 aliphatic heterocycles. The Morgan fingerprint density at radius 1 is 1.41 bits per heavy atom. The van der Waals surface area contributed by atoms with Crippen LogP contribution >= 0.6 is 15.9 Å². The fourth-order valence-corrected chi connectivity index (χ4v) is 2.39. The van der Waals surface area contributed by atoms with E-state index in [0.717, 1.165) is 22.9 Å². The van der Waals surface area contributed by atoms with Crippen LogP contribution in [0.25, 0.3) is 0 Å². The van der Waals surface area contributed by atoms with Crippen LogP contribution in [0.4, 0.5) is 4.39 Å². The van der Waals surface area contributed by atoms with Gasteiger partial charge in [-0.05, 0) is 36.0 Å². The molecule has 0 saturated heterocycles. The molecule has 2 nitrogen and oxygen atoms in total. The fourth-order valence-electron chi connectivity index (χ4n) is 1.88. The van der Waals surface area contributed by atoms with Gasteiger partial charge in [0.05, 0.1) is 0 Å². The van der Waals surface area contributed by atoms with Crippen LogP contribution in [0, 0.1) is 11.2 Å². The summed E-state index contributed by atoms with van der Waals surface area (Å²) in [5.41, 5.74) is 4.11. The number of hydrazine groups is 1. The lowest BCUT2D eigenvalue weighted by Gasteiger charge is -2.25. The molecular formula is C13H20BrFN2. The van der Waals surface area contributed by atoms with Gasteiger partial charge in [-0.2, -0.15) is 0 Å². The highest BCUT2D eigenvalue weighted by molar-refractivity contribution is 9.10. The van der Waals surface area contributed by atoms with Crippen LogP contribution in [0.2, 0.25) is 0 Å². The first-order valence-corrected chi connectivity index (χ1v) is 6.51. The molecule has 0 fully saturated rings. The number of halogens is 2. The van der Waals surface area contributed by atoms with Crippen LogP contribution < -0.4 is 11.3 Å². The molecule has 96 valence electrons. The van der Waals surface area contributed by atoms with Gasteiger partial charge in [-0.25, -0.2) is 4.39 Å². The highest BCUT2D eigenvalue weighted by Crippen LogP contribution is 2.25. The van der Waals surface area contributed by atoms with Crippen molar-refractivity contribution in [1.82, 2.24) is 5.43 Å². The average molecular weight is 303 g/mol. The zero-order valence-corrected chi connectivity index (χ0v) is 12.1. The van der Waals surface area contributed by atoms with Gasteiger partial charge in [0, 0.05) is 10.5 Å². The molecule has 0 aromatic heterocycles. The molecular weight excluding hydrogens is 283 g/mol. The monoisotopic (exact) mass is 302 g/mol. The highest BCUT2D eigenvalue weighted by atomic mass is 79.9. The van der Waals surface area contributed by atoms with Crippen LogP contribution in [0.1, 0.15) is 32.8 Å². The maximum atomic E-state index is 13.0. The minimum atomic E-state index is -0.228. The predicted octanol–water partition coefficient (Wildman–Crippen LogP) is 3.40. The summed E-state index contributed by atoms with van der Waals surface area (Å²) in [7, 11) is 0. The molecule has 0 radical (unpaired) electrons. The van der Waals surface area contributed by atoms with Crippen molar-refractivity contribution in [2.75, 3.05) is 0 Å². The molecule has 1 atom stereocenters. The molecule has 0 aliphatic carbocycles. The zero-order chi connectivity index (χ0) is 13.1. The van der Waals surface area contributed by atoms with Gasteiger partial charge < -0.3 is 0 Å². The van der Waals surface area contributed by atoms with Crippen LogP contribution in [0.5, 0.6) is 0 Å². The molecule has 0 aliphatic rings. The summed E-state index contributed by atoms with van der Waals surface area (Å²) in [6.45, 7) is 6.53. The van der Waals surface area contributed by atoms with Gasteiger partial charge in [0.15, 0.2) is 0 Å². The highest BCUT2D eigenvalue weighted by Gasteiger charge is 2.18. The van der Waals surface area contributed by atoms with Crippen molar-refractivity contribution in [2.24, 2.45) is 11.3 Å². The van der Waals surface area contributed by atoms with Crippen molar-refractivity contribution >= 4 is 15.9 Å². The Morgan fingerprint density at radius 2 is 2.06 bits per heavy atom. The summed E-state index contributed by atoms with van der Waals surface area (Å²) >= 11 is 3.38. The lowest BCUT2D eigenvalue weighted by Crippen LogP contribution is -2.39. The second-order valence-electron chi connectivity index (χ2n) is 5.57. The smallest absolute Gasteiger partial charge is 0.124 e. The lowest BCUT2D eigenvalue weighted by molar-refractivity contribution is 0.308. The number of nitrogens with two attached hydrogens (primary N) is 1. The maximum Gasteiger partial charge on any atom is 0.124 e. The molecule has 0 amide bonds. The number of nitrogens with one attached hydrogen (secondary N) is 1. The van der Waals surface area contributed by atoms with Gasteiger partial charge in [0.1, 0.15) is 5.82 Å². The Kier molecular flexibility index (Phi) is 5.10. The molecule has 0 saturated carbocycles. The summed E-state index contributed by atoms with van der Waals surface area (Å²) in [6.07, 6.45) is 1.75. The van der Waals surface area contributed by atoms with Crippen molar-refractivity contribution in [3.8, 4) is 0 Å². The molecule has 0 heterocycles. The van der Waals surface area contributed by atoms with Crippen LogP contribution in [0.15, 0.2) is 22.7 Å². The van der Waals surface area contributed by atoms with Crippen molar-refractivity contribution in [2.45, 2.75) is 39.7 Å². The first kappa shape index (κ1) is 14.6. The van der Waals surface area contributed by atoms with E-state index in [9.17, 15) is 4.39 Å². The quantitative estimate of drug-likeness (QED) is 0.661. The van der Waals surface area contributed by atoms with E-state index >= 15 is 0 Å². The molecule has 0 spiro atoms. The summed E-state index contributed by atoms with van der Waals surface area (Å²) in [4.78, 5) is 0. The normalized spacial score (nSPS) is 13.8. The van der Waals surface area contributed by atoms with Crippen LogP contribution in [-0.4, -0.2) is 6.04 Å². The standard InChI is InChI=1S/C13H20BrFN2/c1-13(2,3)8-11(17-16)6-9-4-5-10(15)7-12(9)14/h4-5,7,11,17H,6,8,16H2,1-3H3. The largest absolute Gasteiger partial charge is 0.271 e. The predicted molar refractivity (Wildman–Crippen MR) is 73.0 cm³/mol.